The summed E-state index contributed by atoms with van der Waals surface area (Å²) in [5, 5.41) is 0.390. The van der Waals surface area contributed by atoms with Gasteiger partial charge in [0.15, 0.2) is 0 Å². The molecule has 0 radical (unpaired) electrons. The number of halogens is 2. The molecular formula is C36H39Cl2N3O7S. The molecule has 2 aliphatic heterocycles. The van der Waals surface area contributed by atoms with Crippen molar-refractivity contribution in [1.29, 1.82) is 0 Å². The van der Waals surface area contributed by atoms with Gasteiger partial charge in [-0.2, -0.15) is 0 Å². The van der Waals surface area contributed by atoms with E-state index in [1.54, 1.807) is 53.4 Å². The van der Waals surface area contributed by atoms with Gasteiger partial charge >= 0.3 is 11.9 Å². The van der Waals surface area contributed by atoms with Gasteiger partial charge in [0.1, 0.15) is 11.7 Å². The summed E-state index contributed by atoms with van der Waals surface area (Å²) in [7, 11) is 0.789. The fourth-order valence-corrected chi connectivity index (χ4v) is 9.73. The third-order valence-corrected chi connectivity index (χ3v) is 12.3. The van der Waals surface area contributed by atoms with Crippen molar-refractivity contribution in [3.8, 4) is 0 Å². The lowest BCUT2D eigenvalue weighted by Gasteiger charge is -2.39. The molecule has 10 nitrogen and oxygen atoms in total. The van der Waals surface area contributed by atoms with E-state index in [1.165, 1.54) is 14.2 Å². The fourth-order valence-electron chi connectivity index (χ4n) is 8.00. The number of methoxy groups -OCH3 is 2. The third-order valence-electron chi connectivity index (χ3n) is 10.3. The van der Waals surface area contributed by atoms with E-state index in [4.69, 9.17) is 37.7 Å². The Kier molecular flexibility index (Phi) is 11.0. The first-order valence-corrected chi connectivity index (χ1v) is 18.5. The Morgan fingerprint density at radius 2 is 1.53 bits per heavy atom. The van der Waals surface area contributed by atoms with Crippen LogP contribution in [0.4, 0.5) is 0 Å². The number of piperazine rings is 1. The summed E-state index contributed by atoms with van der Waals surface area (Å²) >= 11 is 13.4. The molecule has 3 fully saturated rings. The molecule has 13 heteroatoms. The predicted molar refractivity (Wildman–Crippen MR) is 186 cm³/mol. The van der Waals surface area contributed by atoms with E-state index in [9.17, 15) is 23.4 Å². The molecule has 0 aromatic heterocycles. The maximum Gasteiger partial charge on any atom is 0.336 e. The summed E-state index contributed by atoms with van der Waals surface area (Å²) in [6, 6.07) is 14.0. The van der Waals surface area contributed by atoms with E-state index in [1.807, 2.05) is 0 Å². The number of hydrogen-bond acceptors (Lipinski definition) is 9. The number of ketones is 1. The molecule has 0 N–H and O–H groups in total. The lowest BCUT2D eigenvalue weighted by molar-refractivity contribution is -0.143. The van der Waals surface area contributed by atoms with Crippen molar-refractivity contribution in [2.75, 3.05) is 46.2 Å². The van der Waals surface area contributed by atoms with Crippen LogP contribution in [0.25, 0.3) is 0 Å². The van der Waals surface area contributed by atoms with Crippen LogP contribution in [0, 0.1) is 17.8 Å². The summed E-state index contributed by atoms with van der Waals surface area (Å²) in [5.74, 6) is -2.98. The van der Waals surface area contributed by atoms with E-state index >= 15 is 0 Å². The molecule has 1 amide bonds. The second-order valence-electron chi connectivity index (χ2n) is 13.1. The van der Waals surface area contributed by atoms with Crippen LogP contribution < -0.4 is 0 Å². The van der Waals surface area contributed by atoms with Crippen LogP contribution in [0.5, 0.6) is 0 Å². The van der Waals surface area contributed by atoms with Crippen molar-refractivity contribution in [3.05, 3.63) is 75.4 Å². The minimum Gasteiger partial charge on any atom is -0.468 e. The van der Waals surface area contributed by atoms with E-state index in [-0.39, 0.29) is 50.7 Å². The van der Waals surface area contributed by atoms with Crippen molar-refractivity contribution in [2.45, 2.75) is 49.0 Å². The van der Waals surface area contributed by atoms with Gasteiger partial charge in [-0.1, -0.05) is 47.5 Å². The number of benzene rings is 2. The quantitative estimate of drug-likeness (QED) is 0.336. The van der Waals surface area contributed by atoms with Gasteiger partial charge in [-0.05, 0) is 54.5 Å². The number of ether oxygens (including phenoxy) is 2. The lowest BCUT2D eigenvalue weighted by atomic mass is 9.74. The zero-order chi connectivity index (χ0) is 34.8. The van der Waals surface area contributed by atoms with E-state index in [0.29, 0.717) is 67.6 Å². The highest BCUT2D eigenvalue weighted by Gasteiger charge is 2.47. The second kappa shape index (κ2) is 15.2. The third kappa shape index (κ3) is 7.41. The van der Waals surface area contributed by atoms with Crippen LogP contribution in [0.1, 0.15) is 43.6 Å². The maximum absolute atomic E-state index is 14.0. The standard InChI is InChI=1S/C36H39Cl2N3O7S/c1-47-35(44)32-28(19-30(43)41-13-11-40(12-14-41)23-15-21-17-24(42)18-22(21)16-23)39-29(20-49(46)25-7-4-3-5-8-25)33(36(45)48-2)34(32)31-26(37)9-6-10-27(31)38/h3-10,21-23,32,34H,11-20H2,1-2H3/t21?,22?,23?,32?,34-,49-/m0/s1. The largest absolute Gasteiger partial charge is 0.468 e. The summed E-state index contributed by atoms with van der Waals surface area (Å²) in [4.78, 5) is 62.6. The lowest BCUT2D eigenvalue weighted by Crippen LogP contribution is -2.52. The van der Waals surface area contributed by atoms with Crippen LogP contribution >= 0.6 is 23.2 Å². The van der Waals surface area contributed by atoms with Crippen molar-refractivity contribution >= 4 is 63.3 Å². The first kappa shape index (κ1) is 35.4. The molecule has 6 rings (SSSR count). The number of fused-ring (bicyclic) bond motifs is 1. The first-order valence-electron chi connectivity index (χ1n) is 16.5. The molecule has 4 aliphatic rings. The number of Topliss-reactive ketones (excluding diaryl/α,β-unsaturated/α-hetero) is 1. The Bertz CT molecular complexity index is 1690. The smallest absolute Gasteiger partial charge is 0.336 e. The van der Waals surface area contributed by atoms with Crippen molar-refractivity contribution in [3.63, 3.8) is 0 Å². The molecule has 0 bridgehead atoms. The van der Waals surface area contributed by atoms with Crippen LogP contribution in [-0.2, 0) is 39.5 Å². The number of carbonyl (C=O) groups is 4. The van der Waals surface area contributed by atoms with Gasteiger partial charge in [0.25, 0.3) is 0 Å². The Morgan fingerprint density at radius 1 is 0.898 bits per heavy atom. The summed E-state index contributed by atoms with van der Waals surface area (Å²) in [6.07, 6.45) is 3.20. The van der Waals surface area contributed by atoms with E-state index < -0.39 is 34.6 Å². The maximum atomic E-state index is 14.0. The Labute approximate surface area is 298 Å². The summed E-state index contributed by atoms with van der Waals surface area (Å²) in [6.45, 7) is 2.44. The number of esters is 2. The number of amides is 1. The molecule has 3 unspecified atom stereocenters. The van der Waals surface area contributed by atoms with E-state index in [0.717, 1.165) is 12.8 Å². The molecule has 2 saturated carbocycles. The number of carbonyl (C=O) groups excluding carboxylic acids is 4. The van der Waals surface area contributed by atoms with Crippen LogP contribution in [0.15, 0.2) is 69.7 Å². The Morgan fingerprint density at radius 3 is 2.12 bits per heavy atom. The Balaban J connectivity index is 1.32. The van der Waals surface area contributed by atoms with Crippen molar-refractivity contribution < 1.29 is 32.9 Å². The highest BCUT2D eigenvalue weighted by molar-refractivity contribution is 7.85. The van der Waals surface area contributed by atoms with E-state index in [2.05, 4.69) is 4.90 Å². The topological polar surface area (TPSA) is 123 Å². The van der Waals surface area contributed by atoms with Gasteiger partial charge < -0.3 is 14.4 Å². The molecule has 5 atom stereocenters. The van der Waals surface area contributed by atoms with Gasteiger partial charge in [0.05, 0.1) is 48.5 Å². The average molecular weight is 729 g/mol. The summed E-state index contributed by atoms with van der Waals surface area (Å²) in [5.41, 5.74) is 0.542. The highest BCUT2D eigenvalue weighted by atomic mass is 35.5. The van der Waals surface area contributed by atoms with Crippen molar-refractivity contribution in [2.24, 2.45) is 22.7 Å². The zero-order valence-electron chi connectivity index (χ0n) is 27.4. The van der Waals surface area contributed by atoms with Gasteiger partial charge in [-0.15, -0.1) is 0 Å². The fraction of sp³-hybridized carbons (Fsp3) is 0.472. The minimum atomic E-state index is -1.64. The van der Waals surface area contributed by atoms with Crippen molar-refractivity contribution in [1.82, 2.24) is 9.80 Å². The number of aliphatic imine (C=N–C) groups is 1. The number of hydrogen-bond donors (Lipinski definition) is 0. The van der Waals surface area contributed by atoms with Gasteiger partial charge in [-0.25, -0.2) is 4.79 Å². The molecule has 0 spiro atoms. The van der Waals surface area contributed by atoms with Crippen LogP contribution in [-0.4, -0.2) is 95.5 Å². The molecule has 2 aromatic rings. The van der Waals surface area contributed by atoms with Gasteiger partial charge in [-0.3, -0.25) is 28.5 Å². The molecule has 2 aromatic carbocycles. The molecule has 260 valence electrons. The first-order chi connectivity index (χ1) is 23.6. The zero-order valence-corrected chi connectivity index (χ0v) is 29.8. The monoisotopic (exact) mass is 727 g/mol. The minimum absolute atomic E-state index is 0.0231. The second-order valence-corrected chi connectivity index (χ2v) is 15.3. The van der Waals surface area contributed by atoms with Gasteiger partial charge in [0.2, 0.25) is 5.91 Å². The highest BCUT2D eigenvalue weighted by Crippen LogP contribution is 2.47. The normalized spacial score (nSPS) is 26.3. The Hall–Kier alpha value is -3.38. The molecule has 2 heterocycles. The average Bonchev–Trinajstić information content (AvgIpc) is 3.65. The van der Waals surface area contributed by atoms with Crippen LogP contribution in [0.3, 0.4) is 0 Å². The summed E-state index contributed by atoms with van der Waals surface area (Å²) < 4.78 is 24.1. The molecule has 2 aliphatic carbocycles. The number of rotatable bonds is 9. The van der Waals surface area contributed by atoms with Crippen LogP contribution in [0.2, 0.25) is 10.0 Å². The predicted octanol–water partition coefficient (Wildman–Crippen LogP) is 4.85. The molecule has 49 heavy (non-hydrogen) atoms. The SMILES string of the molecule is COC(=O)C1=C(C[S@](=O)c2ccccc2)N=C(CC(=O)N2CCN(C3CC4CC(=O)CC4C3)CC2)C(C(=O)OC)[C@@H]1c1c(Cl)cccc1Cl. The molecule has 1 saturated heterocycles. The van der Waals surface area contributed by atoms with Gasteiger partial charge in [0, 0.05) is 71.6 Å². The number of nitrogens with zero attached hydrogens (tertiary/aromatic N) is 3. The molecular weight excluding hydrogens is 689 g/mol.